The Hall–Kier alpha value is 0.340. The molecule has 0 amide bonds. The van der Waals surface area contributed by atoms with Crippen molar-refractivity contribution in [3.05, 3.63) is 0 Å². The van der Waals surface area contributed by atoms with Crippen LogP contribution in [0.25, 0.3) is 0 Å². The molecule has 24 heavy (non-hydrogen) atoms. The van der Waals surface area contributed by atoms with Crippen LogP contribution in [0.2, 0.25) is 0 Å². The van der Waals surface area contributed by atoms with Gasteiger partial charge in [-0.1, -0.05) is 0 Å². The molecule has 9 nitrogen and oxygen atoms in total. The molecule has 0 aromatic rings. The van der Waals surface area contributed by atoms with Crippen molar-refractivity contribution >= 4 is 25.3 Å². The van der Waals surface area contributed by atoms with Crippen molar-refractivity contribution in [1.29, 1.82) is 0 Å². The maximum Gasteiger partial charge on any atom is 0.187 e. The highest BCUT2D eigenvalue weighted by molar-refractivity contribution is 7.80. The van der Waals surface area contributed by atoms with E-state index < -0.39 is 61.4 Å². The summed E-state index contributed by atoms with van der Waals surface area (Å²) in [5, 5.41) is 50.0. The van der Waals surface area contributed by atoms with Gasteiger partial charge in [-0.3, -0.25) is 0 Å². The van der Waals surface area contributed by atoms with E-state index in [1.54, 1.807) is 0 Å². The normalized spacial score (nSPS) is 50.0. The molecule has 11 heteroatoms. The van der Waals surface area contributed by atoms with E-state index in [0.717, 1.165) is 0 Å². The zero-order chi connectivity index (χ0) is 18.0. The summed E-state index contributed by atoms with van der Waals surface area (Å²) in [5.74, 6) is 0.219. The van der Waals surface area contributed by atoms with Crippen LogP contribution in [-0.4, -0.2) is 106 Å². The molecule has 4 unspecified atom stereocenters. The number of aliphatic hydroxyl groups excluding tert-OH is 5. The molecule has 2 fully saturated rings. The number of methoxy groups -OCH3 is 1. The molecule has 2 saturated heterocycles. The van der Waals surface area contributed by atoms with Crippen molar-refractivity contribution in [3.63, 3.8) is 0 Å². The largest absolute Gasteiger partial charge is 0.388 e. The highest BCUT2D eigenvalue weighted by atomic mass is 32.1. The average molecular weight is 388 g/mol. The van der Waals surface area contributed by atoms with Crippen LogP contribution in [0.1, 0.15) is 0 Å². The van der Waals surface area contributed by atoms with Crippen LogP contribution in [0.5, 0.6) is 0 Å². The van der Waals surface area contributed by atoms with E-state index in [-0.39, 0.29) is 11.5 Å². The first kappa shape index (κ1) is 20.6. The summed E-state index contributed by atoms with van der Waals surface area (Å²) in [4.78, 5) is 0. The molecule has 0 radical (unpaired) electrons. The lowest BCUT2D eigenvalue weighted by atomic mass is 9.97. The monoisotopic (exact) mass is 388 g/mol. The van der Waals surface area contributed by atoms with E-state index in [2.05, 4.69) is 25.3 Å². The Morgan fingerprint density at radius 1 is 0.750 bits per heavy atom. The number of thiol groups is 2. The smallest absolute Gasteiger partial charge is 0.187 e. The van der Waals surface area contributed by atoms with E-state index in [0.29, 0.717) is 0 Å². The fourth-order valence-electron chi connectivity index (χ4n) is 2.75. The molecule has 2 rings (SSSR count). The minimum Gasteiger partial charge on any atom is -0.388 e. The first-order chi connectivity index (χ1) is 11.3. The Morgan fingerprint density at radius 3 is 1.83 bits per heavy atom. The van der Waals surface area contributed by atoms with Crippen molar-refractivity contribution in [2.45, 2.75) is 61.4 Å². The molecule has 0 spiro atoms. The van der Waals surface area contributed by atoms with Crippen LogP contribution in [0.15, 0.2) is 0 Å². The zero-order valence-electron chi connectivity index (χ0n) is 13.0. The molecule has 2 aliphatic heterocycles. The van der Waals surface area contributed by atoms with Gasteiger partial charge in [-0.05, 0) is 0 Å². The Balaban J connectivity index is 2.12. The van der Waals surface area contributed by atoms with Gasteiger partial charge in [-0.2, -0.15) is 25.3 Å². The third-order valence-corrected chi connectivity index (χ3v) is 4.91. The topological polar surface area (TPSA) is 138 Å². The number of ether oxygens (including phenoxy) is 4. The molecule has 0 aromatic carbocycles. The number of hydrogen-bond acceptors (Lipinski definition) is 11. The Labute approximate surface area is 150 Å². The van der Waals surface area contributed by atoms with Gasteiger partial charge in [0.2, 0.25) is 0 Å². The van der Waals surface area contributed by atoms with Gasteiger partial charge < -0.3 is 44.5 Å². The molecule has 0 aromatic heterocycles. The fraction of sp³-hybridized carbons (Fsp3) is 1.00. The minimum atomic E-state index is -1.55. The molecule has 10 atom stereocenters. The molecular weight excluding hydrogens is 364 g/mol. The van der Waals surface area contributed by atoms with Crippen LogP contribution >= 0.6 is 25.3 Å². The summed E-state index contributed by atoms with van der Waals surface area (Å²) in [6.07, 6.45) is -12.3. The minimum absolute atomic E-state index is 0.0822. The van der Waals surface area contributed by atoms with Crippen molar-refractivity contribution in [2.24, 2.45) is 0 Å². The lowest BCUT2D eigenvalue weighted by Gasteiger charge is -2.46. The SMILES string of the molecule is CO[C@@H]1OC(CS)[C@@H](O[C@@H]2OC(CS)[C@H](O)[C@H](O)C2O)[C@H](O)C1O. The predicted molar refractivity (Wildman–Crippen MR) is 86.9 cm³/mol. The van der Waals surface area contributed by atoms with Gasteiger partial charge in [-0.15, -0.1) is 0 Å². The van der Waals surface area contributed by atoms with Gasteiger partial charge in [0, 0.05) is 18.6 Å². The maximum absolute atomic E-state index is 10.3. The quantitative estimate of drug-likeness (QED) is 0.248. The van der Waals surface area contributed by atoms with E-state index >= 15 is 0 Å². The second kappa shape index (κ2) is 8.82. The van der Waals surface area contributed by atoms with Crippen LogP contribution in [0.4, 0.5) is 0 Å². The standard InChI is InChI=1S/C13H24O9S2/c1-19-12-10(18)8(16)11(5(3-24)21-12)22-13-9(17)7(15)6(14)4(2-23)20-13/h4-18,23-24H,2-3H2,1H3/t4?,5?,6-,7-,8+,9?,10?,11+,12+,13-/m0/s1. The van der Waals surface area contributed by atoms with Crippen molar-refractivity contribution in [1.82, 2.24) is 0 Å². The molecule has 5 N–H and O–H groups in total. The van der Waals surface area contributed by atoms with Gasteiger partial charge >= 0.3 is 0 Å². The third kappa shape index (κ3) is 4.01. The highest BCUT2D eigenvalue weighted by Gasteiger charge is 2.50. The van der Waals surface area contributed by atoms with Gasteiger partial charge in [-0.25, -0.2) is 0 Å². The average Bonchev–Trinajstić information content (AvgIpc) is 2.59. The van der Waals surface area contributed by atoms with Gasteiger partial charge in [0.1, 0.15) is 36.6 Å². The van der Waals surface area contributed by atoms with E-state index in [1.165, 1.54) is 7.11 Å². The van der Waals surface area contributed by atoms with Crippen LogP contribution < -0.4 is 0 Å². The van der Waals surface area contributed by atoms with E-state index in [4.69, 9.17) is 18.9 Å². The predicted octanol–water partition coefficient (Wildman–Crippen LogP) is -2.87. The molecule has 0 bridgehead atoms. The fourth-order valence-corrected chi connectivity index (χ4v) is 3.35. The van der Waals surface area contributed by atoms with Crippen molar-refractivity contribution in [3.8, 4) is 0 Å². The Morgan fingerprint density at radius 2 is 1.29 bits per heavy atom. The zero-order valence-corrected chi connectivity index (χ0v) is 14.7. The molecule has 2 aliphatic rings. The maximum atomic E-state index is 10.3. The van der Waals surface area contributed by atoms with Crippen LogP contribution in [0.3, 0.4) is 0 Å². The number of hydrogen-bond donors (Lipinski definition) is 7. The van der Waals surface area contributed by atoms with Crippen LogP contribution in [0, 0.1) is 0 Å². The summed E-state index contributed by atoms with van der Waals surface area (Å²) < 4.78 is 21.4. The molecule has 0 aliphatic carbocycles. The molecular formula is C13H24O9S2. The summed E-state index contributed by atoms with van der Waals surface area (Å²) >= 11 is 8.14. The van der Waals surface area contributed by atoms with E-state index in [1.807, 2.05) is 0 Å². The Kier molecular flexibility index (Phi) is 7.59. The molecule has 2 heterocycles. The second-order valence-electron chi connectivity index (χ2n) is 5.74. The number of aliphatic hydroxyl groups is 5. The molecule has 142 valence electrons. The lowest BCUT2D eigenvalue weighted by Crippen LogP contribution is -2.64. The third-order valence-electron chi connectivity index (χ3n) is 4.19. The van der Waals surface area contributed by atoms with Gasteiger partial charge in [0.25, 0.3) is 0 Å². The van der Waals surface area contributed by atoms with Gasteiger partial charge in [0.15, 0.2) is 12.6 Å². The Bertz CT molecular complexity index is 400. The summed E-state index contributed by atoms with van der Waals surface area (Å²) in [6.45, 7) is 0. The first-order valence-corrected chi connectivity index (χ1v) is 8.73. The van der Waals surface area contributed by atoms with Gasteiger partial charge in [0.05, 0.1) is 12.2 Å². The van der Waals surface area contributed by atoms with E-state index in [9.17, 15) is 25.5 Å². The lowest BCUT2D eigenvalue weighted by molar-refractivity contribution is -0.349. The van der Waals surface area contributed by atoms with Crippen molar-refractivity contribution < 1.29 is 44.5 Å². The highest BCUT2D eigenvalue weighted by Crippen LogP contribution is 2.29. The summed E-state index contributed by atoms with van der Waals surface area (Å²) in [6, 6.07) is 0. The number of rotatable bonds is 5. The molecule has 0 saturated carbocycles. The van der Waals surface area contributed by atoms with Crippen molar-refractivity contribution in [2.75, 3.05) is 18.6 Å². The summed E-state index contributed by atoms with van der Waals surface area (Å²) in [7, 11) is 1.32. The van der Waals surface area contributed by atoms with Crippen LogP contribution in [-0.2, 0) is 18.9 Å². The summed E-state index contributed by atoms with van der Waals surface area (Å²) in [5.41, 5.74) is 0. The first-order valence-electron chi connectivity index (χ1n) is 7.46. The second-order valence-corrected chi connectivity index (χ2v) is 6.47.